The van der Waals surface area contributed by atoms with Gasteiger partial charge in [0.2, 0.25) is 0 Å². The highest BCUT2D eigenvalue weighted by Gasteiger charge is 2.27. The van der Waals surface area contributed by atoms with Crippen molar-refractivity contribution in [3.8, 4) is 0 Å². The molecule has 7 heteroatoms. The Morgan fingerprint density at radius 2 is 2.29 bits per heavy atom. The van der Waals surface area contributed by atoms with Crippen molar-refractivity contribution in [1.82, 2.24) is 0 Å². The van der Waals surface area contributed by atoms with E-state index in [1.807, 2.05) is 0 Å². The van der Waals surface area contributed by atoms with Crippen LogP contribution >= 0.6 is 15.9 Å². The van der Waals surface area contributed by atoms with Crippen molar-refractivity contribution >= 4 is 27.3 Å². The van der Waals surface area contributed by atoms with Crippen LogP contribution in [0.2, 0.25) is 0 Å². The van der Waals surface area contributed by atoms with E-state index in [0.29, 0.717) is 19.5 Å². The van der Waals surface area contributed by atoms with E-state index >= 15 is 0 Å². The number of nitrogens with zero attached hydrogens (tertiary/aromatic N) is 2. The summed E-state index contributed by atoms with van der Waals surface area (Å²) >= 11 is 2.92. The van der Waals surface area contributed by atoms with Gasteiger partial charge < -0.3 is 10.0 Å². The van der Waals surface area contributed by atoms with E-state index in [1.54, 1.807) is 4.90 Å². The first-order chi connectivity index (χ1) is 7.99. The minimum atomic E-state index is -0.551. The molecule has 0 saturated carbocycles. The number of nitro groups is 1. The molecule has 1 heterocycles. The van der Waals surface area contributed by atoms with E-state index in [0.717, 1.165) is 12.1 Å². The summed E-state index contributed by atoms with van der Waals surface area (Å²) in [6, 6.07) is 2.27. The molecular weight excluding hydrogens is 295 g/mol. The molecule has 17 heavy (non-hydrogen) atoms. The summed E-state index contributed by atoms with van der Waals surface area (Å²) in [4.78, 5) is 12.0. The Morgan fingerprint density at radius 3 is 2.82 bits per heavy atom. The second-order valence-corrected chi connectivity index (χ2v) is 4.75. The van der Waals surface area contributed by atoms with Crippen molar-refractivity contribution < 1.29 is 14.4 Å². The third kappa shape index (κ3) is 2.39. The van der Waals surface area contributed by atoms with Crippen LogP contribution in [0, 0.1) is 15.9 Å². The first-order valence-electron chi connectivity index (χ1n) is 5.05. The maximum absolute atomic E-state index is 13.4. The van der Waals surface area contributed by atoms with Crippen LogP contribution in [0.4, 0.5) is 15.8 Å². The molecule has 1 aliphatic heterocycles. The monoisotopic (exact) mass is 304 g/mol. The average Bonchev–Trinajstić information content (AvgIpc) is 2.68. The first kappa shape index (κ1) is 12.3. The van der Waals surface area contributed by atoms with Gasteiger partial charge in [-0.05, 0) is 22.4 Å². The maximum Gasteiger partial charge on any atom is 0.293 e. The number of hydrogen-bond donors (Lipinski definition) is 1. The van der Waals surface area contributed by atoms with Gasteiger partial charge in [0.05, 0.1) is 15.5 Å². The van der Waals surface area contributed by atoms with Crippen molar-refractivity contribution in [2.75, 3.05) is 18.0 Å². The lowest BCUT2D eigenvalue weighted by Gasteiger charge is -2.17. The van der Waals surface area contributed by atoms with E-state index in [4.69, 9.17) is 0 Å². The molecule has 2 rings (SSSR count). The van der Waals surface area contributed by atoms with E-state index in [9.17, 15) is 19.6 Å². The number of nitro benzene ring substituents is 1. The fourth-order valence-corrected chi connectivity index (χ4v) is 2.22. The highest BCUT2D eigenvalue weighted by atomic mass is 79.9. The minimum absolute atomic E-state index is 0.0627. The molecule has 1 aromatic rings. The minimum Gasteiger partial charge on any atom is -0.391 e. The van der Waals surface area contributed by atoms with Gasteiger partial charge in [-0.3, -0.25) is 10.1 Å². The third-order valence-corrected chi connectivity index (χ3v) is 3.33. The summed E-state index contributed by atoms with van der Waals surface area (Å²) in [6.45, 7) is 0.783. The SMILES string of the molecule is O=[N+]([O-])c1cc(Br)c(F)cc1N1CC[C@H](O)C1. The fourth-order valence-electron chi connectivity index (χ4n) is 1.89. The zero-order chi connectivity index (χ0) is 12.6. The van der Waals surface area contributed by atoms with Crippen LogP contribution in [0.25, 0.3) is 0 Å². The molecule has 1 saturated heterocycles. The predicted octanol–water partition coefficient (Wildman–Crippen LogP) is 2.07. The molecular formula is C10H10BrFN2O3. The molecule has 0 bridgehead atoms. The molecule has 1 aromatic carbocycles. The lowest BCUT2D eigenvalue weighted by molar-refractivity contribution is -0.384. The smallest absolute Gasteiger partial charge is 0.293 e. The number of β-amino-alcohol motifs (C(OH)–C–C–N with tert-alkyl or cyclic N) is 1. The normalized spacial score (nSPS) is 19.7. The highest BCUT2D eigenvalue weighted by Crippen LogP contribution is 2.34. The zero-order valence-corrected chi connectivity index (χ0v) is 10.4. The average molecular weight is 305 g/mol. The summed E-state index contributed by atoms with van der Waals surface area (Å²) in [5.41, 5.74) is 0.0552. The summed E-state index contributed by atoms with van der Waals surface area (Å²) in [6.07, 6.45) is 0.0239. The van der Waals surface area contributed by atoms with E-state index < -0.39 is 16.8 Å². The highest BCUT2D eigenvalue weighted by molar-refractivity contribution is 9.10. The quantitative estimate of drug-likeness (QED) is 0.671. The Labute approximate surface area is 105 Å². The second-order valence-electron chi connectivity index (χ2n) is 3.90. The van der Waals surface area contributed by atoms with Crippen LogP contribution in [-0.4, -0.2) is 29.2 Å². The van der Waals surface area contributed by atoms with Crippen LogP contribution in [0.1, 0.15) is 6.42 Å². The van der Waals surface area contributed by atoms with E-state index in [1.165, 1.54) is 0 Å². The summed E-state index contributed by atoms with van der Waals surface area (Å²) in [5.74, 6) is -0.549. The first-order valence-corrected chi connectivity index (χ1v) is 5.85. The molecule has 1 fully saturated rings. The van der Waals surface area contributed by atoms with Gasteiger partial charge in [0.15, 0.2) is 0 Å². The van der Waals surface area contributed by atoms with Crippen molar-refractivity contribution in [3.63, 3.8) is 0 Å². The molecule has 0 unspecified atom stereocenters. The molecule has 0 spiro atoms. The molecule has 92 valence electrons. The van der Waals surface area contributed by atoms with Crippen LogP contribution in [0.15, 0.2) is 16.6 Å². The summed E-state index contributed by atoms with van der Waals surface area (Å²) < 4.78 is 13.5. The molecule has 0 aliphatic carbocycles. The lowest BCUT2D eigenvalue weighted by atomic mass is 10.2. The zero-order valence-electron chi connectivity index (χ0n) is 8.77. The van der Waals surface area contributed by atoms with Gasteiger partial charge in [0.1, 0.15) is 11.5 Å². The molecule has 5 nitrogen and oxygen atoms in total. The third-order valence-electron chi connectivity index (χ3n) is 2.72. The second kappa shape index (κ2) is 4.58. The number of halogens is 2. The van der Waals surface area contributed by atoms with E-state index in [2.05, 4.69) is 15.9 Å². The van der Waals surface area contributed by atoms with Gasteiger partial charge in [0.25, 0.3) is 5.69 Å². The molecule has 1 aliphatic rings. The van der Waals surface area contributed by atoms with Crippen molar-refractivity contribution in [3.05, 3.63) is 32.5 Å². The number of benzene rings is 1. The topological polar surface area (TPSA) is 66.6 Å². The summed E-state index contributed by atoms with van der Waals surface area (Å²) in [5, 5.41) is 20.3. The summed E-state index contributed by atoms with van der Waals surface area (Å²) in [7, 11) is 0. The van der Waals surface area contributed by atoms with Crippen molar-refractivity contribution in [2.45, 2.75) is 12.5 Å². The molecule has 1 N–H and O–H groups in total. The molecule has 0 amide bonds. The van der Waals surface area contributed by atoms with Crippen LogP contribution in [0.5, 0.6) is 0 Å². The standard InChI is InChI=1S/C10H10BrFN2O3/c11-7-3-10(14(16)17)9(4-8(7)12)13-2-1-6(15)5-13/h3-4,6,15H,1-2,5H2/t6-/m0/s1. The van der Waals surface area contributed by atoms with Crippen LogP contribution < -0.4 is 4.90 Å². The van der Waals surface area contributed by atoms with Crippen molar-refractivity contribution in [2.24, 2.45) is 0 Å². The lowest BCUT2D eigenvalue weighted by Crippen LogP contribution is -2.22. The Balaban J connectivity index is 2.44. The molecule has 0 aromatic heterocycles. The van der Waals surface area contributed by atoms with Crippen molar-refractivity contribution in [1.29, 1.82) is 0 Å². The molecule has 1 atom stereocenters. The number of aliphatic hydroxyl groups excluding tert-OH is 1. The van der Waals surface area contributed by atoms with Crippen LogP contribution in [0.3, 0.4) is 0 Å². The van der Waals surface area contributed by atoms with E-state index in [-0.39, 0.29) is 15.8 Å². The number of anilines is 1. The Hall–Kier alpha value is -1.21. The van der Waals surface area contributed by atoms with Gasteiger partial charge in [-0.25, -0.2) is 4.39 Å². The maximum atomic E-state index is 13.4. The Kier molecular flexibility index (Phi) is 3.30. The van der Waals surface area contributed by atoms with Crippen LogP contribution in [-0.2, 0) is 0 Å². The fraction of sp³-hybridized carbons (Fsp3) is 0.400. The van der Waals surface area contributed by atoms with Gasteiger partial charge in [-0.15, -0.1) is 0 Å². The number of aliphatic hydroxyl groups is 1. The van der Waals surface area contributed by atoms with Gasteiger partial charge in [-0.1, -0.05) is 0 Å². The van der Waals surface area contributed by atoms with Gasteiger partial charge in [-0.2, -0.15) is 0 Å². The number of hydrogen-bond acceptors (Lipinski definition) is 4. The number of rotatable bonds is 2. The Morgan fingerprint density at radius 1 is 1.59 bits per heavy atom. The van der Waals surface area contributed by atoms with Gasteiger partial charge in [0, 0.05) is 25.2 Å². The molecule has 0 radical (unpaired) electrons. The largest absolute Gasteiger partial charge is 0.391 e. The van der Waals surface area contributed by atoms with Gasteiger partial charge >= 0.3 is 0 Å². The predicted molar refractivity (Wildman–Crippen MR) is 63.6 cm³/mol. The Bertz CT molecular complexity index is 469.